The number of rotatable bonds is 9. The molecular weight excluding hydrogens is 1650 g/mol. The molecule has 0 radical (unpaired) electrons. The van der Waals surface area contributed by atoms with Crippen LogP contribution in [-0.4, -0.2) is 18.3 Å². The molecule has 0 spiro atoms. The van der Waals surface area contributed by atoms with Gasteiger partial charge < -0.3 is 18.3 Å². The van der Waals surface area contributed by atoms with Gasteiger partial charge >= 0.3 is 0 Å². The Labute approximate surface area is 785 Å². The number of nitrogens with zero attached hydrogens (tertiary/aromatic N) is 4. The van der Waals surface area contributed by atoms with Crippen LogP contribution in [0.4, 0.5) is 0 Å². The molecule has 2 atom stereocenters. The zero-order valence-electron chi connectivity index (χ0n) is 73.8. The Bertz CT molecular complexity index is 9350. The maximum absolute atomic E-state index is 2.45. The van der Waals surface area contributed by atoms with Crippen molar-refractivity contribution in [3.8, 4) is 101 Å². The molecule has 5 heteroatoms. The second kappa shape index (κ2) is 30.8. The van der Waals surface area contributed by atoms with Crippen molar-refractivity contribution >= 4 is 119 Å². The summed E-state index contributed by atoms with van der Waals surface area (Å²) in [6.45, 7) is 0. The van der Waals surface area contributed by atoms with E-state index in [2.05, 4.69) is 491 Å². The van der Waals surface area contributed by atoms with Gasteiger partial charge in [0, 0.05) is 97.8 Å². The highest BCUT2D eigenvalue weighted by molar-refractivity contribution is 7.25. The molecule has 26 aromatic rings. The molecule has 5 heterocycles. The molecule has 135 heavy (non-hydrogen) atoms. The lowest BCUT2D eigenvalue weighted by atomic mass is 9.89. The van der Waals surface area contributed by atoms with E-state index < -0.39 is 0 Å². The first-order chi connectivity index (χ1) is 67.0. The molecule has 0 saturated heterocycles. The lowest BCUT2D eigenvalue weighted by molar-refractivity contribution is 1.02. The Hall–Kier alpha value is -17.0. The van der Waals surface area contributed by atoms with E-state index in [1.807, 2.05) is 11.3 Å². The first-order valence-electron chi connectivity index (χ1n) is 47.1. The summed E-state index contributed by atoms with van der Waals surface area (Å²) in [6.07, 6.45) is 1.98. The van der Waals surface area contributed by atoms with Gasteiger partial charge in [-0.05, 0) is 298 Å². The van der Waals surface area contributed by atoms with Crippen LogP contribution >= 0.6 is 11.3 Å². The number of hydrogen-bond donors (Lipinski definition) is 0. The Kier molecular flexibility index (Phi) is 17.6. The molecule has 4 aliphatic carbocycles. The normalized spacial score (nSPS) is 13.6. The summed E-state index contributed by atoms with van der Waals surface area (Å²) in [6, 6.07) is 175. The van der Waals surface area contributed by atoms with Crippen LogP contribution in [0.1, 0.15) is 67.5 Å². The average Bonchev–Trinajstić information content (AvgIpc) is 1.56. The van der Waals surface area contributed by atoms with Gasteiger partial charge in [-0.25, -0.2) is 0 Å². The van der Waals surface area contributed by atoms with Gasteiger partial charge in [-0.3, -0.25) is 0 Å². The van der Waals surface area contributed by atoms with Crippen LogP contribution in [0, 0.1) is 0 Å². The Morgan fingerprint density at radius 1 is 0.178 bits per heavy atom. The van der Waals surface area contributed by atoms with Crippen molar-refractivity contribution in [1.29, 1.82) is 0 Å². The van der Waals surface area contributed by atoms with Crippen molar-refractivity contribution in [3.05, 3.63) is 529 Å². The molecule has 30 rings (SSSR count). The summed E-state index contributed by atoms with van der Waals surface area (Å²) in [4.78, 5) is 0. The molecule has 0 bridgehead atoms. The number of thiophene rings is 1. The third-order valence-corrected chi connectivity index (χ3v) is 30.6. The van der Waals surface area contributed by atoms with Crippen LogP contribution in [0.25, 0.3) is 208 Å². The first-order valence-corrected chi connectivity index (χ1v) is 47.9. The Balaban J connectivity index is 0.000000101. The minimum absolute atomic E-state index is 0.264. The van der Waals surface area contributed by atoms with Gasteiger partial charge in [0.25, 0.3) is 0 Å². The van der Waals surface area contributed by atoms with Crippen molar-refractivity contribution in [3.63, 3.8) is 0 Å². The Morgan fingerprint density at radius 3 is 1.07 bits per heavy atom. The summed E-state index contributed by atoms with van der Waals surface area (Å²) < 4.78 is 12.4. The maximum Gasteiger partial charge on any atom is 0.0548 e. The second-order valence-corrected chi connectivity index (χ2v) is 37.8. The van der Waals surface area contributed by atoms with Gasteiger partial charge in [0.05, 0.1) is 44.1 Å². The van der Waals surface area contributed by atoms with Gasteiger partial charge in [-0.15, -0.1) is 11.3 Å². The molecule has 4 aliphatic rings. The standard InChI is InChI=1S/2C44H29N.C42H26N2S/c1-3-11-28(12-4-1)42-36-18-10-9-17-35(36)38-26-29(19-22-37(38)42)30-20-23-40-39(27-30)44-41(45(40)33-14-5-2-6-15-33)24-21-32-25-31-13-7-8-16-34(31)43(32)44;1-3-11-28(12-4-1)44-36-18-10-9-17-35(36)39-24-29(19-21-37(39)44)30-20-22-42-40(25-30)41-27-38-32(23-31-13-7-8-16-34(31)38)26-43(41)45(42)33-14-5-2-6-15-33;1-3-11-29(12-4-1)43-37-17-9-7-15-31(37)33-23-27(19-21-38(33)43)28-20-22-39-34(24-28)35-26-42-36(32-16-8-10-18-41(32)45-42)25-40(35)44(39)30-13-5-2-6-14-30/h1-24,26-27,42H,25H2;1-22,24-27,44H,23H2;1-26H. The molecule has 4 nitrogen and oxygen atoms in total. The fraction of sp³-hybridized carbons (Fsp3) is 0.0308. The van der Waals surface area contributed by atoms with E-state index in [0.29, 0.717) is 0 Å². The highest BCUT2D eigenvalue weighted by atomic mass is 32.1. The monoisotopic (exact) mass is 1730 g/mol. The van der Waals surface area contributed by atoms with Gasteiger partial charge in [-0.1, -0.05) is 322 Å². The van der Waals surface area contributed by atoms with Gasteiger partial charge in [0.15, 0.2) is 0 Å². The van der Waals surface area contributed by atoms with E-state index in [1.165, 1.54) is 264 Å². The topological polar surface area (TPSA) is 19.7 Å². The quantitative estimate of drug-likeness (QED) is 0.137. The minimum atomic E-state index is 0.264. The van der Waals surface area contributed by atoms with Crippen LogP contribution < -0.4 is 0 Å². The van der Waals surface area contributed by atoms with Crippen molar-refractivity contribution < 1.29 is 0 Å². The molecule has 630 valence electrons. The SMILES string of the molecule is c1ccc(-n2c3ccccc3c3cc(-c4ccc5c(c4)c4cc6sc7ccccc7c6cc4n5-c4ccccc4)ccc32)cc1.c1ccc(C2c3ccccc3-c3cc(-c4ccc5c(c4)c4c6c(ccc4n5-c4ccccc4)Cc4ccccc4-6)ccc32)cc1.c1ccc(C2c3ccccc3-c3cc(-c4ccc5c(c4)c4cc6c(cc4n5-c4ccccc4)Cc4ccccc4-6)ccc32)cc1. The predicted molar refractivity (Wildman–Crippen MR) is 568 cm³/mol. The summed E-state index contributed by atoms with van der Waals surface area (Å²) in [5, 5.41) is 13.0. The van der Waals surface area contributed by atoms with Gasteiger partial charge in [-0.2, -0.15) is 0 Å². The van der Waals surface area contributed by atoms with Crippen molar-refractivity contribution in [2.75, 3.05) is 0 Å². The van der Waals surface area contributed by atoms with Gasteiger partial charge in [0.2, 0.25) is 0 Å². The zero-order chi connectivity index (χ0) is 88.5. The third kappa shape index (κ3) is 12.2. The van der Waals surface area contributed by atoms with Gasteiger partial charge in [0.1, 0.15) is 0 Å². The van der Waals surface area contributed by atoms with Crippen LogP contribution in [-0.2, 0) is 12.8 Å². The maximum atomic E-state index is 2.45. The summed E-state index contributed by atoms with van der Waals surface area (Å²) in [7, 11) is 0. The van der Waals surface area contributed by atoms with E-state index in [4.69, 9.17) is 0 Å². The van der Waals surface area contributed by atoms with E-state index in [0.717, 1.165) is 12.8 Å². The largest absolute Gasteiger partial charge is 0.309 e. The summed E-state index contributed by atoms with van der Waals surface area (Å²) in [5.41, 5.74) is 47.0. The molecule has 0 amide bonds. The van der Waals surface area contributed by atoms with E-state index in [1.54, 1.807) is 0 Å². The lowest BCUT2D eigenvalue weighted by Gasteiger charge is -2.14. The number of benzene rings is 21. The molecule has 0 N–H and O–H groups in total. The second-order valence-electron chi connectivity index (χ2n) is 36.7. The molecule has 2 unspecified atom stereocenters. The van der Waals surface area contributed by atoms with E-state index >= 15 is 0 Å². The average molecular weight is 1730 g/mol. The summed E-state index contributed by atoms with van der Waals surface area (Å²) >= 11 is 1.88. The van der Waals surface area contributed by atoms with Crippen molar-refractivity contribution in [2.45, 2.75) is 24.7 Å². The Morgan fingerprint density at radius 2 is 0.533 bits per heavy atom. The third-order valence-electron chi connectivity index (χ3n) is 29.5. The molecule has 5 aromatic heterocycles. The van der Waals surface area contributed by atoms with Crippen molar-refractivity contribution in [1.82, 2.24) is 18.3 Å². The molecule has 0 aliphatic heterocycles. The minimum Gasteiger partial charge on any atom is -0.309 e. The number of para-hydroxylation sites is 5. The fourth-order valence-electron chi connectivity index (χ4n) is 23.5. The number of aromatic nitrogens is 4. The van der Waals surface area contributed by atoms with Crippen molar-refractivity contribution in [2.24, 2.45) is 0 Å². The predicted octanol–water partition coefficient (Wildman–Crippen LogP) is 34.3. The van der Waals surface area contributed by atoms with Crippen LogP contribution in [0.5, 0.6) is 0 Å². The van der Waals surface area contributed by atoms with E-state index in [-0.39, 0.29) is 11.8 Å². The fourth-order valence-corrected chi connectivity index (χ4v) is 24.6. The highest BCUT2D eigenvalue weighted by Crippen LogP contribution is 2.55. The number of hydrogen-bond acceptors (Lipinski definition) is 1. The van der Waals surface area contributed by atoms with Crippen LogP contribution in [0.2, 0.25) is 0 Å². The highest BCUT2D eigenvalue weighted by Gasteiger charge is 2.34. The smallest absolute Gasteiger partial charge is 0.0548 e. The van der Waals surface area contributed by atoms with Crippen LogP contribution in [0.3, 0.4) is 0 Å². The van der Waals surface area contributed by atoms with Crippen LogP contribution in [0.15, 0.2) is 473 Å². The summed E-state index contributed by atoms with van der Waals surface area (Å²) in [5.74, 6) is 0.531. The molecule has 0 fully saturated rings. The zero-order valence-corrected chi connectivity index (χ0v) is 74.6. The molecule has 21 aromatic carbocycles. The molecule has 0 saturated carbocycles. The first kappa shape index (κ1) is 76.9. The molecular formula is C130H84N4S. The number of fused-ring (bicyclic) bond motifs is 28. The lowest BCUT2D eigenvalue weighted by Crippen LogP contribution is -1.98. The van der Waals surface area contributed by atoms with E-state index in [9.17, 15) is 0 Å².